The second-order valence-electron chi connectivity index (χ2n) is 20.1. The Hall–Kier alpha value is -4.12. The lowest BCUT2D eigenvalue weighted by Gasteiger charge is -2.55. The van der Waals surface area contributed by atoms with Gasteiger partial charge in [-0.25, -0.2) is 0 Å². The molecule has 18 nitrogen and oxygen atoms in total. The monoisotopic (exact) mass is 948 g/mol. The van der Waals surface area contributed by atoms with Crippen molar-refractivity contribution in [3.05, 3.63) is 64.9 Å². The molecule has 10 rings (SSSR count). The van der Waals surface area contributed by atoms with Gasteiger partial charge in [-0.05, 0) is 83.9 Å². The number of aliphatic hydroxyl groups is 6. The van der Waals surface area contributed by atoms with Crippen LogP contribution in [0.5, 0.6) is 11.5 Å². The maximum atomic E-state index is 15.2. The van der Waals surface area contributed by atoms with Gasteiger partial charge in [-0.15, -0.1) is 0 Å². The van der Waals surface area contributed by atoms with Gasteiger partial charge in [0.15, 0.2) is 36.0 Å². The van der Waals surface area contributed by atoms with Crippen molar-refractivity contribution >= 4 is 27.9 Å². The summed E-state index contributed by atoms with van der Waals surface area (Å²) >= 11 is 0. The Morgan fingerprint density at radius 3 is 2.10 bits per heavy atom. The number of rotatable bonds is 8. The molecule has 0 spiro atoms. The summed E-state index contributed by atoms with van der Waals surface area (Å²) in [7, 11) is 0. The van der Waals surface area contributed by atoms with E-state index in [0.29, 0.717) is 23.8 Å². The number of hydrogen-bond acceptors (Lipinski definition) is 18. The zero-order valence-corrected chi connectivity index (χ0v) is 38.4. The van der Waals surface area contributed by atoms with Gasteiger partial charge < -0.3 is 78.4 Å². The highest BCUT2D eigenvalue weighted by molar-refractivity contribution is 6.31. The number of aromatic hydroxyl groups is 2. The molecule has 7 aliphatic rings. The van der Waals surface area contributed by atoms with Crippen molar-refractivity contribution in [3.8, 4) is 22.8 Å². The van der Waals surface area contributed by atoms with Crippen LogP contribution in [0.4, 0.5) is 0 Å². The summed E-state index contributed by atoms with van der Waals surface area (Å²) in [5.74, 6) is -1.80. The van der Waals surface area contributed by atoms with E-state index in [9.17, 15) is 45.6 Å². The average molecular weight is 949 g/mol. The van der Waals surface area contributed by atoms with Crippen LogP contribution in [-0.2, 0) is 38.0 Å². The Bertz CT molecular complexity index is 2520. The summed E-state index contributed by atoms with van der Waals surface area (Å²) in [4.78, 5) is 30.1. The van der Waals surface area contributed by atoms with Gasteiger partial charge >= 0.3 is 0 Å². The minimum Gasteiger partial charge on any atom is -0.508 e. The molecular formula is C50H60O18. The minimum absolute atomic E-state index is 0.0143. The number of ether oxygens (including phenoxy) is 7. The van der Waals surface area contributed by atoms with E-state index in [1.54, 1.807) is 39.0 Å². The third kappa shape index (κ3) is 7.85. The maximum Gasteiger partial charge on any atom is 0.198 e. The van der Waals surface area contributed by atoms with Crippen molar-refractivity contribution in [3.63, 3.8) is 0 Å². The Balaban J connectivity index is 1.01. The zero-order valence-electron chi connectivity index (χ0n) is 38.4. The van der Waals surface area contributed by atoms with Crippen LogP contribution in [0.1, 0.15) is 114 Å². The Labute approximate surface area is 391 Å². The number of carbonyl (C=O) groups is 2. The molecule has 4 aliphatic heterocycles. The number of phenols is 2. The number of carbonyl (C=O) groups excluding carboxylic acids is 2. The van der Waals surface area contributed by atoms with Crippen LogP contribution in [0.3, 0.4) is 0 Å². The highest BCUT2D eigenvalue weighted by Crippen LogP contribution is 2.60. The number of furan rings is 1. The molecule has 8 N–H and O–H groups in total. The molecule has 0 amide bonds. The lowest BCUT2D eigenvalue weighted by atomic mass is 9.58. The van der Waals surface area contributed by atoms with E-state index in [1.165, 1.54) is 31.2 Å². The van der Waals surface area contributed by atoms with Crippen LogP contribution in [0.2, 0.25) is 0 Å². The molecule has 17 atom stereocenters. The summed E-state index contributed by atoms with van der Waals surface area (Å²) in [6, 6.07) is 7.73. The van der Waals surface area contributed by atoms with Gasteiger partial charge in [-0.3, -0.25) is 9.59 Å². The summed E-state index contributed by atoms with van der Waals surface area (Å²) in [5.41, 5.74) is -6.04. The number of hydrogen-bond donors (Lipinski definition) is 8. The van der Waals surface area contributed by atoms with Gasteiger partial charge in [0.2, 0.25) is 0 Å². The van der Waals surface area contributed by atoms with E-state index in [1.807, 2.05) is 6.92 Å². The van der Waals surface area contributed by atoms with Gasteiger partial charge in [-0.2, -0.15) is 0 Å². The van der Waals surface area contributed by atoms with Gasteiger partial charge in [0.1, 0.15) is 40.8 Å². The molecule has 4 saturated heterocycles. The molecule has 1 saturated carbocycles. The topological polar surface area (TPSA) is 274 Å². The minimum atomic E-state index is -2.37. The first-order valence-electron chi connectivity index (χ1n) is 23.6. The smallest absolute Gasteiger partial charge is 0.198 e. The molecule has 68 heavy (non-hydrogen) atoms. The van der Waals surface area contributed by atoms with Crippen molar-refractivity contribution < 1.29 is 88.0 Å². The molecule has 1 aromatic heterocycles. The number of benzene rings is 2. The fraction of sp³-hybridized carbons (Fsp3) is 0.600. The van der Waals surface area contributed by atoms with Crippen molar-refractivity contribution in [1.29, 1.82) is 0 Å². The quantitative estimate of drug-likeness (QED) is 0.159. The second-order valence-corrected chi connectivity index (χ2v) is 20.1. The molecule has 0 bridgehead atoms. The number of fused-ring (bicyclic) bond motifs is 3. The summed E-state index contributed by atoms with van der Waals surface area (Å²) in [6.45, 7) is 8.24. The Morgan fingerprint density at radius 1 is 0.721 bits per heavy atom. The van der Waals surface area contributed by atoms with E-state index < -0.39 is 127 Å². The average Bonchev–Trinajstić information content (AvgIpc) is 3.64. The maximum absolute atomic E-state index is 15.2. The predicted molar refractivity (Wildman–Crippen MR) is 237 cm³/mol. The summed E-state index contributed by atoms with van der Waals surface area (Å²) < 4.78 is 50.6. The first-order chi connectivity index (χ1) is 32.2. The molecule has 2 aromatic carbocycles. The lowest BCUT2D eigenvalue weighted by Crippen LogP contribution is -2.70. The van der Waals surface area contributed by atoms with Crippen molar-refractivity contribution in [1.82, 2.24) is 0 Å². The van der Waals surface area contributed by atoms with Crippen LogP contribution in [-0.4, -0.2) is 149 Å². The molecule has 3 aromatic rings. The number of Topliss-reactive ketones (excluding diaryl/α,β-unsaturated/α-hetero) is 2. The molecule has 0 unspecified atom stereocenters. The molecule has 368 valence electrons. The summed E-state index contributed by atoms with van der Waals surface area (Å²) in [6.07, 6.45) is -8.28. The predicted octanol–water partition coefficient (Wildman–Crippen LogP) is 3.88. The van der Waals surface area contributed by atoms with E-state index in [2.05, 4.69) is 0 Å². The lowest BCUT2D eigenvalue weighted by molar-refractivity contribution is -0.306. The third-order valence-electron chi connectivity index (χ3n) is 15.0. The van der Waals surface area contributed by atoms with Crippen molar-refractivity contribution in [2.75, 3.05) is 0 Å². The third-order valence-corrected chi connectivity index (χ3v) is 15.0. The van der Waals surface area contributed by atoms with Gasteiger partial charge in [0.25, 0.3) is 0 Å². The van der Waals surface area contributed by atoms with Crippen LogP contribution < -0.4 is 0 Å². The van der Waals surface area contributed by atoms with Crippen molar-refractivity contribution in [2.24, 2.45) is 0 Å². The van der Waals surface area contributed by atoms with Crippen LogP contribution in [0.15, 0.2) is 52.5 Å². The van der Waals surface area contributed by atoms with Gasteiger partial charge in [0, 0.05) is 71.6 Å². The van der Waals surface area contributed by atoms with Crippen molar-refractivity contribution in [2.45, 2.75) is 189 Å². The van der Waals surface area contributed by atoms with Crippen LogP contribution in [0, 0.1) is 0 Å². The van der Waals surface area contributed by atoms with Gasteiger partial charge in [0.05, 0.1) is 66.1 Å². The molecule has 18 heteroatoms. The zero-order chi connectivity index (χ0) is 48.4. The molecular weight excluding hydrogens is 889 g/mol. The molecule has 5 heterocycles. The highest BCUT2D eigenvalue weighted by atomic mass is 16.7. The second kappa shape index (κ2) is 17.3. The van der Waals surface area contributed by atoms with E-state index >= 15 is 4.79 Å². The van der Waals surface area contributed by atoms with E-state index in [0.717, 1.165) is 0 Å². The Kier molecular flexibility index (Phi) is 12.1. The molecule has 5 fully saturated rings. The highest BCUT2D eigenvalue weighted by Gasteiger charge is 2.68. The number of aliphatic hydroxyl groups excluding tert-OH is 4. The SMILES string of the molecule is C[C@@H]1O[C@@H](O[C@@H]2CC[C@@H](O[C@H]3C[C@@H](c4cc5c(-c6ccc(O)cc6)oc6c5c(c4O)C(=O)C4=C6[C@@]5(O[C@H]6CC[C@@H](O)[C@H](C)O6)C(=O)C[C@@](C)(O)C[C@@]5(O)C=C4)O[C@@H](C)[C@H]3O)O[C@@H]2C)C[C@@H](O)[C@H]1O. The fourth-order valence-electron chi connectivity index (χ4n) is 11.4. The standard InChI is InChI=1S/C50H60O18/c1-21-30(52)10-12-37(62-21)68-50-35(54)19-48(5,59)20-49(50,60)15-14-27-41(50)47-39-29(46(67-47)25-6-8-26(51)9-7-25)16-28(45(58)40(39)44(27)57)33-18-34(43(56)24(4)61-33)66-36-13-11-32(22(2)63-36)65-38-17-31(53)42(55)23(3)64-38/h6-9,14-16,21-24,30-34,36-38,42-43,51-53,55-56,58-60H,10-13,17-20H2,1-5H3/t21-,22+,23-,24-,30+,31+,32+,33-,34-,36+,37-,38-,42-,43+,48+,49-,50-/m0/s1. The first-order valence-corrected chi connectivity index (χ1v) is 23.6. The largest absolute Gasteiger partial charge is 0.508 e. The number of allylic oxidation sites excluding steroid dienone is 2. The number of ketones is 2. The number of phenolic OH excluding ortho intramolecular Hbond substituents is 2. The normalized spacial score (nSPS) is 41.8. The van der Waals surface area contributed by atoms with Crippen LogP contribution in [0.25, 0.3) is 27.7 Å². The molecule has 0 radical (unpaired) electrons. The Morgan fingerprint density at radius 2 is 1.40 bits per heavy atom. The summed E-state index contributed by atoms with van der Waals surface area (Å²) in [5, 5.41) is 89.6. The molecule has 3 aliphatic carbocycles. The fourth-order valence-corrected chi connectivity index (χ4v) is 11.4. The first kappa shape index (κ1) is 47.6. The van der Waals surface area contributed by atoms with E-state index in [4.69, 9.17) is 37.6 Å². The van der Waals surface area contributed by atoms with E-state index in [-0.39, 0.29) is 77.0 Å². The van der Waals surface area contributed by atoms with Gasteiger partial charge in [-0.1, -0.05) is 6.08 Å². The van der Waals surface area contributed by atoms with Crippen LogP contribution >= 0.6 is 0 Å².